The van der Waals surface area contributed by atoms with Crippen LogP contribution in [0.15, 0.2) is 24.3 Å². The summed E-state index contributed by atoms with van der Waals surface area (Å²) >= 11 is 0. The maximum Gasteiger partial charge on any atom is 0.311 e. The average Bonchev–Trinajstić information content (AvgIpc) is 2.46. The molecule has 1 aliphatic heterocycles. The maximum atomic E-state index is 12.2. The first-order valence-corrected chi connectivity index (χ1v) is 6.98. The number of hydrogen-bond acceptors (Lipinski definition) is 3. The first-order chi connectivity index (χ1) is 9.65. The number of para-hydroxylation sites is 1. The van der Waals surface area contributed by atoms with Crippen molar-refractivity contribution >= 4 is 17.6 Å². The highest BCUT2D eigenvalue weighted by Gasteiger charge is 2.31. The molecule has 2 rings (SSSR count). The predicted octanol–water partition coefficient (Wildman–Crippen LogP) is 1.59. The number of aliphatic carboxylic acids is 1. The number of benzene rings is 1. The number of anilines is 1. The van der Waals surface area contributed by atoms with E-state index in [1.807, 2.05) is 25.1 Å². The molecule has 1 atom stereocenters. The van der Waals surface area contributed by atoms with E-state index in [9.17, 15) is 14.7 Å². The maximum absolute atomic E-state index is 12.2. The van der Waals surface area contributed by atoms with Gasteiger partial charge in [-0.2, -0.15) is 0 Å². The molecule has 0 fully saturated rings. The SMILES string of the molecule is CCCNCC(=O)N1CCC(C(=O)O)c2ccccc21. The van der Waals surface area contributed by atoms with E-state index in [0.717, 1.165) is 24.2 Å². The van der Waals surface area contributed by atoms with E-state index in [1.54, 1.807) is 11.0 Å². The summed E-state index contributed by atoms with van der Waals surface area (Å²) < 4.78 is 0. The van der Waals surface area contributed by atoms with Crippen molar-refractivity contribution in [3.05, 3.63) is 29.8 Å². The fourth-order valence-corrected chi connectivity index (χ4v) is 2.55. The number of fused-ring (bicyclic) bond motifs is 1. The zero-order chi connectivity index (χ0) is 14.5. The standard InChI is InChI=1S/C15H20N2O3/c1-2-8-16-10-14(18)17-9-7-12(15(19)20)11-5-3-4-6-13(11)17/h3-6,12,16H,2,7-10H2,1H3,(H,19,20). The van der Waals surface area contributed by atoms with Gasteiger partial charge in [0.1, 0.15) is 0 Å². The Kier molecular flexibility index (Phi) is 4.74. The molecule has 1 aliphatic rings. The van der Waals surface area contributed by atoms with E-state index < -0.39 is 11.9 Å². The number of nitrogens with zero attached hydrogens (tertiary/aromatic N) is 1. The van der Waals surface area contributed by atoms with E-state index in [1.165, 1.54) is 0 Å². The summed E-state index contributed by atoms with van der Waals surface area (Å²) in [6.45, 7) is 3.60. The highest BCUT2D eigenvalue weighted by Crippen LogP contribution is 2.35. The smallest absolute Gasteiger partial charge is 0.311 e. The third-order valence-electron chi connectivity index (χ3n) is 3.55. The molecule has 20 heavy (non-hydrogen) atoms. The Balaban J connectivity index is 2.18. The van der Waals surface area contributed by atoms with E-state index in [2.05, 4.69) is 5.32 Å². The van der Waals surface area contributed by atoms with Gasteiger partial charge in [0, 0.05) is 12.2 Å². The van der Waals surface area contributed by atoms with Crippen LogP contribution in [0.1, 0.15) is 31.2 Å². The summed E-state index contributed by atoms with van der Waals surface area (Å²) in [5.41, 5.74) is 1.46. The first-order valence-electron chi connectivity index (χ1n) is 6.98. The van der Waals surface area contributed by atoms with Gasteiger partial charge >= 0.3 is 5.97 Å². The summed E-state index contributed by atoms with van der Waals surface area (Å²) in [5.74, 6) is -1.35. The Hall–Kier alpha value is -1.88. The highest BCUT2D eigenvalue weighted by atomic mass is 16.4. The van der Waals surface area contributed by atoms with Crippen molar-refractivity contribution in [3.8, 4) is 0 Å². The number of carboxylic acids is 1. The monoisotopic (exact) mass is 276 g/mol. The van der Waals surface area contributed by atoms with Gasteiger partial charge in [-0.3, -0.25) is 9.59 Å². The number of nitrogens with one attached hydrogen (secondary N) is 1. The number of carbonyl (C=O) groups excluding carboxylic acids is 1. The van der Waals surface area contributed by atoms with Gasteiger partial charge in [-0.15, -0.1) is 0 Å². The topological polar surface area (TPSA) is 69.6 Å². The molecule has 5 heteroatoms. The van der Waals surface area contributed by atoms with Gasteiger partial charge in [-0.25, -0.2) is 0 Å². The van der Waals surface area contributed by atoms with Crippen LogP contribution in [0.2, 0.25) is 0 Å². The lowest BCUT2D eigenvalue weighted by molar-refractivity contribution is -0.139. The van der Waals surface area contributed by atoms with Gasteiger partial charge in [0.25, 0.3) is 0 Å². The molecule has 1 aromatic carbocycles. The molecule has 0 aromatic heterocycles. The molecule has 1 amide bonds. The molecule has 0 spiro atoms. The highest BCUT2D eigenvalue weighted by molar-refractivity contribution is 5.97. The number of carbonyl (C=O) groups is 2. The average molecular weight is 276 g/mol. The second kappa shape index (κ2) is 6.52. The number of rotatable bonds is 5. The minimum absolute atomic E-state index is 0.00487. The van der Waals surface area contributed by atoms with Gasteiger partial charge in [0.2, 0.25) is 5.91 Å². The zero-order valence-electron chi connectivity index (χ0n) is 11.6. The van der Waals surface area contributed by atoms with Crippen molar-refractivity contribution in [1.29, 1.82) is 0 Å². The quantitative estimate of drug-likeness (QED) is 0.801. The molecule has 1 unspecified atom stereocenters. The van der Waals surface area contributed by atoms with Crippen LogP contribution in [-0.2, 0) is 9.59 Å². The molecule has 0 saturated heterocycles. The molecule has 1 aromatic rings. The second-order valence-corrected chi connectivity index (χ2v) is 4.96. The van der Waals surface area contributed by atoms with Crippen LogP contribution in [0.25, 0.3) is 0 Å². The van der Waals surface area contributed by atoms with Crippen molar-refractivity contribution in [3.63, 3.8) is 0 Å². The predicted molar refractivity (Wildman–Crippen MR) is 76.9 cm³/mol. The Morgan fingerprint density at radius 2 is 2.15 bits per heavy atom. The lowest BCUT2D eigenvalue weighted by atomic mass is 9.90. The van der Waals surface area contributed by atoms with Crippen molar-refractivity contribution in [2.75, 3.05) is 24.5 Å². The summed E-state index contributed by atoms with van der Waals surface area (Å²) in [6.07, 6.45) is 1.44. The first kappa shape index (κ1) is 14.5. The normalized spacial score (nSPS) is 17.6. The van der Waals surface area contributed by atoms with E-state index >= 15 is 0 Å². The fraction of sp³-hybridized carbons (Fsp3) is 0.467. The lowest BCUT2D eigenvalue weighted by Gasteiger charge is -2.32. The van der Waals surface area contributed by atoms with Crippen molar-refractivity contribution < 1.29 is 14.7 Å². The summed E-state index contributed by atoms with van der Waals surface area (Å²) in [5, 5.41) is 12.4. The van der Waals surface area contributed by atoms with Crippen LogP contribution in [0.4, 0.5) is 5.69 Å². The number of carboxylic acid groups (broad SMARTS) is 1. The molecule has 5 nitrogen and oxygen atoms in total. The van der Waals surface area contributed by atoms with Gasteiger partial charge in [0.05, 0.1) is 12.5 Å². The van der Waals surface area contributed by atoms with Crippen LogP contribution >= 0.6 is 0 Å². The summed E-state index contributed by atoms with van der Waals surface area (Å²) in [6, 6.07) is 7.27. The van der Waals surface area contributed by atoms with Crippen LogP contribution in [0.3, 0.4) is 0 Å². The Morgan fingerprint density at radius 3 is 2.85 bits per heavy atom. The van der Waals surface area contributed by atoms with E-state index in [0.29, 0.717) is 19.5 Å². The zero-order valence-corrected chi connectivity index (χ0v) is 11.6. The Morgan fingerprint density at radius 1 is 1.40 bits per heavy atom. The lowest BCUT2D eigenvalue weighted by Crippen LogP contribution is -2.42. The molecule has 0 aliphatic carbocycles. The molecule has 0 saturated carbocycles. The van der Waals surface area contributed by atoms with Crippen molar-refractivity contribution in [1.82, 2.24) is 5.32 Å². The van der Waals surface area contributed by atoms with Gasteiger partial charge in [0.15, 0.2) is 0 Å². The molecule has 108 valence electrons. The van der Waals surface area contributed by atoms with E-state index in [4.69, 9.17) is 0 Å². The van der Waals surface area contributed by atoms with E-state index in [-0.39, 0.29) is 5.91 Å². The molecule has 0 bridgehead atoms. The van der Waals surface area contributed by atoms with Crippen molar-refractivity contribution in [2.45, 2.75) is 25.7 Å². The Bertz CT molecular complexity index is 502. The Labute approximate surface area is 118 Å². The number of amides is 1. The molecular formula is C15H20N2O3. The summed E-state index contributed by atoms with van der Waals surface area (Å²) in [7, 11) is 0. The molecule has 1 heterocycles. The third-order valence-corrected chi connectivity index (χ3v) is 3.55. The second-order valence-electron chi connectivity index (χ2n) is 4.96. The minimum atomic E-state index is -0.825. The third kappa shape index (κ3) is 2.99. The summed E-state index contributed by atoms with van der Waals surface area (Å²) in [4.78, 5) is 25.2. The molecule has 2 N–H and O–H groups in total. The van der Waals surface area contributed by atoms with Crippen LogP contribution in [0.5, 0.6) is 0 Å². The van der Waals surface area contributed by atoms with Crippen LogP contribution in [-0.4, -0.2) is 36.6 Å². The molecular weight excluding hydrogens is 256 g/mol. The molecule has 0 radical (unpaired) electrons. The minimum Gasteiger partial charge on any atom is -0.481 e. The van der Waals surface area contributed by atoms with Gasteiger partial charge < -0.3 is 15.3 Å². The van der Waals surface area contributed by atoms with Gasteiger partial charge in [-0.05, 0) is 31.0 Å². The fourth-order valence-electron chi connectivity index (χ4n) is 2.55. The largest absolute Gasteiger partial charge is 0.481 e. The van der Waals surface area contributed by atoms with Crippen LogP contribution in [0, 0.1) is 0 Å². The van der Waals surface area contributed by atoms with Crippen molar-refractivity contribution in [2.24, 2.45) is 0 Å². The van der Waals surface area contributed by atoms with Crippen LogP contribution < -0.4 is 10.2 Å². The number of hydrogen-bond donors (Lipinski definition) is 2. The van der Waals surface area contributed by atoms with Gasteiger partial charge in [-0.1, -0.05) is 25.1 Å².